The Balaban J connectivity index is 1.45. The molecule has 6 unspecified atom stereocenters. The van der Waals surface area contributed by atoms with Gasteiger partial charge in [0.15, 0.2) is 0 Å². The number of hydrogen-bond acceptors (Lipinski definition) is 0. The fraction of sp³-hybridized carbons (Fsp3) is 0.875. The molecule has 0 saturated heterocycles. The second-order valence-corrected chi connectivity index (χ2v) is 18.1. The number of fused-ring (bicyclic) bond motifs is 2. The summed E-state index contributed by atoms with van der Waals surface area (Å²) in [6, 6.07) is 1.73. The third-order valence-electron chi connectivity index (χ3n) is 11.6. The van der Waals surface area contributed by atoms with E-state index in [1.54, 1.807) is 89.5 Å². The lowest BCUT2D eigenvalue weighted by atomic mass is 9.82. The molecule has 4 saturated carbocycles. The molecule has 0 aromatic carbocycles. The molecule has 5 rings (SSSR count). The molecule has 0 aromatic rings. The summed E-state index contributed by atoms with van der Waals surface area (Å²) in [5.41, 5.74) is 3.49. The lowest BCUT2D eigenvalue weighted by Gasteiger charge is -2.54. The Labute approximate surface area is 207 Å². The molecule has 0 aromatic heterocycles. The van der Waals surface area contributed by atoms with Gasteiger partial charge in [0.1, 0.15) is 0 Å². The van der Waals surface area contributed by atoms with Crippen LogP contribution in [-0.2, 0) is 0 Å². The number of allylic oxidation sites excluding steroid dienone is 4. The molecule has 1 heteroatoms. The van der Waals surface area contributed by atoms with Gasteiger partial charge in [0.2, 0.25) is 0 Å². The zero-order chi connectivity index (χ0) is 22.5. The standard InChI is InChI=1S/C32H54Si/c1-2-3-4-5-6-14-25-33(28-17-8-7-9-18-28,31-23-21-26-15-10-12-19-29(26)31)32-24-22-27-16-11-13-20-30(27)32/h10,12,15,19,26-32H,2-9,11,13-14,16-18,20-25H2,1H3/t26?,27?,29?,30?,31?,32?,33-/m1/s1. The molecule has 186 valence electrons. The van der Waals surface area contributed by atoms with Gasteiger partial charge < -0.3 is 0 Å². The van der Waals surface area contributed by atoms with Crippen molar-refractivity contribution < 1.29 is 0 Å². The van der Waals surface area contributed by atoms with Crippen LogP contribution in [0.4, 0.5) is 0 Å². The third kappa shape index (κ3) is 5.01. The van der Waals surface area contributed by atoms with E-state index in [1.165, 1.54) is 49.6 Å². The summed E-state index contributed by atoms with van der Waals surface area (Å²) in [5.74, 6) is 4.09. The summed E-state index contributed by atoms with van der Waals surface area (Å²) in [6.45, 7) is 2.37. The zero-order valence-corrected chi connectivity index (χ0v) is 23.0. The highest BCUT2D eigenvalue weighted by molar-refractivity contribution is 6.84. The van der Waals surface area contributed by atoms with Gasteiger partial charge in [-0.15, -0.1) is 0 Å². The predicted molar refractivity (Wildman–Crippen MR) is 147 cm³/mol. The Bertz CT molecular complexity index is 657. The van der Waals surface area contributed by atoms with Crippen LogP contribution in [0, 0.1) is 23.7 Å². The minimum atomic E-state index is -1.40. The van der Waals surface area contributed by atoms with Gasteiger partial charge in [-0.2, -0.15) is 0 Å². The molecule has 0 amide bonds. The van der Waals surface area contributed by atoms with E-state index in [9.17, 15) is 0 Å². The normalized spacial score (nSPS) is 38.2. The third-order valence-corrected chi connectivity index (χ3v) is 19.1. The molecule has 0 nitrogen and oxygen atoms in total. The number of rotatable bonds is 10. The van der Waals surface area contributed by atoms with Crippen molar-refractivity contribution >= 4 is 8.07 Å². The molecule has 4 fully saturated rings. The van der Waals surface area contributed by atoms with E-state index in [-0.39, 0.29) is 0 Å². The second kappa shape index (κ2) is 11.6. The summed E-state index contributed by atoms with van der Waals surface area (Å²) in [4.78, 5) is 0. The highest BCUT2D eigenvalue weighted by Crippen LogP contribution is 2.66. The molecule has 5 aliphatic rings. The Morgan fingerprint density at radius 1 is 0.636 bits per heavy atom. The molecule has 0 radical (unpaired) electrons. The first-order valence-electron chi connectivity index (χ1n) is 15.7. The maximum absolute atomic E-state index is 2.72. The number of hydrogen-bond donors (Lipinski definition) is 0. The highest BCUT2D eigenvalue weighted by Gasteiger charge is 2.59. The summed E-state index contributed by atoms with van der Waals surface area (Å²) in [7, 11) is -1.40. The lowest BCUT2D eigenvalue weighted by Crippen LogP contribution is -2.52. The van der Waals surface area contributed by atoms with Crippen molar-refractivity contribution in [2.75, 3.05) is 0 Å². The molecule has 5 aliphatic carbocycles. The van der Waals surface area contributed by atoms with Gasteiger partial charge in [-0.3, -0.25) is 0 Å². The molecular weight excluding hydrogens is 412 g/mol. The summed E-state index contributed by atoms with van der Waals surface area (Å²) in [5, 5.41) is 0. The van der Waals surface area contributed by atoms with E-state index >= 15 is 0 Å². The first kappa shape index (κ1) is 24.4. The minimum absolute atomic E-state index is 0.892. The quantitative estimate of drug-likeness (QED) is 0.222. The van der Waals surface area contributed by atoms with E-state index in [0.717, 1.165) is 29.2 Å². The van der Waals surface area contributed by atoms with Crippen molar-refractivity contribution in [3.63, 3.8) is 0 Å². The fourth-order valence-electron chi connectivity index (χ4n) is 10.3. The van der Waals surface area contributed by atoms with Crippen LogP contribution < -0.4 is 0 Å². The molecular formula is C32H54Si. The first-order valence-corrected chi connectivity index (χ1v) is 18.1. The lowest BCUT2D eigenvalue weighted by molar-refractivity contribution is 0.270. The van der Waals surface area contributed by atoms with Crippen LogP contribution in [-0.4, -0.2) is 8.07 Å². The zero-order valence-electron chi connectivity index (χ0n) is 22.0. The molecule has 0 N–H and O–H groups in total. The Morgan fingerprint density at radius 3 is 2.24 bits per heavy atom. The maximum atomic E-state index is 2.72. The maximum Gasteiger partial charge on any atom is 0.0638 e. The van der Waals surface area contributed by atoms with Crippen LogP contribution in [0.25, 0.3) is 0 Å². The van der Waals surface area contributed by atoms with Gasteiger partial charge in [-0.05, 0) is 46.7 Å². The van der Waals surface area contributed by atoms with Crippen molar-refractivity contribution in [1.82, 2.24) is 0 Å². The van der Waals surface area contributed by atoms with Crippen LogP contribution in [0.5, 0.6) is 0 Å². The van der Waals surface area contributed by atoms with E-state index in [2.05, 4.69) is 31.2 Å². The van der Waals surface area contributed by atoms with Crippen LogP contribution in [0.3, 0.4) is 0 Å². The molecule has 33 heavy (non-hydrogen) atoms. The predicted octanol–water partition coefficient (Wildman–Crippen LogP) is 10.6. The summed E-state index contributed by atoms with van der Waals surface area (Å²) in [6.07, 6.45) is 39.8. The Hall–Kier alpha value is -0.303. The molecule has 7 atom stereocenters. The first-order chi connectivity index (χ1) is 16.3. The van der Waals surface area contributed by atoms with Gasteiger partial charge in [0.05, 0.1) is 8.07 Å². The van der Waals surface area contributed by atoms with Crippen molar-refractivity contribution in [2.24, 2.45) is 23.7 Å². The molecule has 0 spiro atoms. The van der Waals surface area contributed by atoms with Gasteiger partial charge in [-0.25, -0.2) is 0 Å². The smallest absolute Gasteiger partial charge is 0.0638 e. The van der Waals surface area contributed by atoms with Crippen LogP contribution in [0.15, 0.2) is 24.3 Å². The van der Waals surface area contributed by atoms with Crippen LogP contribution in [0.1, 0.15) is 129 Å². The Morgan fingerprint density at radius 2 is 1.36 bits per heavy atom. The Kier molecular flexibility index (Phi) is 8.59. The van der Waals surface area contributed by atoms with Crippen LogP contribution >= 0.6 is 0 Å². The largest absolute Gasteiger partial charge is 0.0808 e. The van der Waals surface area contributed by atoms with Gasteiger partial charge in [0.25, 0.3) is 0 Å². The summed E-state index contributed by atoms with van der Waals surface area (Å²) < 4.78 is 0. The second-order valence-electron chi connectivity index (χ2n) is 13.1. The molecule has 0 bridgehead atoms. The summed E-state index contributed by atoms with van der Waals surface area (Å²) >= 11 is 0. The topological polar surface area (TPSA) is 0 Å². The van der Waals surface area contributed by atoms with E-state index < -0.39 is 8.07 Å². The van der Waals surface area contributed by atoms with Crippen molar-refractivity contribution in [2.45, 2.75) is 152 Å². The van der Waals surface area contributed by atoms with Gasteiger partial charge in [0, 0.05) is 0 Å². The van der Waals surface area contributed by atoms with Crippen LogP contribution in [0.2, 0.25) is 22.7 Å². The van der Waals surface area contributed by atoms with Crippen molar-refractivity contribution in [1.29, 1.82) is 0 Å². The molecule has 0 aliphatic heterocycles. The SMILES string of the molecule is CCCCCCCC[Si@@](C1CCCCC1)(C1CCC2C=CC=CC21)C1CCC2CCCCC21. The minimum Gasteiger partial charge on any atom is -0.0808 e. The monoisotopic (exact) mass is 466 g/mol. The average Bonchev–Trinajstić information content (AvgIpc) is 3.50. The van der Waals surface area contributed by atoms with Crippen molar-refractivity contribution in [3.05, 3.63) is 24.3 Å². The fourth-order valence-corrected chi connectivity index (χ4v) is 19.3. The van der Waals surface area contributed by atoms with E-state index in [4.69, 9.17) is 0 Å². The average molecular weight is 467 g/mol. The van der Waals surface area contributed by atoms with Crippen molar-refractivity contribution in [3.8, 4) is 0 Å². The van der Waals surface area contributed by atoms with Gasteiger partial charge in [-0.1, -0.05) is 153 Å². The van der Waals surface area contributed by atoms with E-state index in [1.807, 2.05) is 0 Å². The number of unbranched alkanes of at least 4 members (excludes halogenated alkanes) is 5. The van der Waals surface area contributed by atoms with Gasteiger partial charge >= 0.3 is 0 Å². The molecule has 0 heterocycles. The highest BCUT2D eigenvalue weighted by atomic mass is 28.3. The van der Waals surface area contributed by atoms with E-state index in [0.29, 0.717) is 0 Å².